The number of para-hydroxylation sites is 1. The number of aryl methyl sites for hydroxylation is 2. The Hall–Kier alpha value is -3.09. The third kappa shape index (κ3) is 2.57. The Bertz CT molecular complexity index is 907. The predicted octanol–water partition coefficient (Wildman–Crippen LogP) is 2.31. The quantitative estimate of drug-likeness (QED) is 0.771. The van der Waals surface area contributed by atoms with Crippen LogP contribution in [0.5, 0.6) is 0 Å². The molecular formula is C16H16N4O3. The van der Waals surface area contributed by atoms with E-state index in [1.165, 1.54) is 0 Å². The fraction of sp³-hybridized carbons (Fsp3) is 0.188. The molecule has 3 aromatic rings. The summed E-state index contributed by atoms with van der Waals surface area (Å²) in [6.45, 7) is 4.27. The molecule has 0 saturated heterocycles. The van der Waals surface area contributed by atoms with Gasteiger partial charge in [0, 0.05) is 11.9 Å². The van der Waals surface area contributed by atoms with Crippen LogP contribution in [-0.4, -0.2) is 21.6 Å². The van der Waals surface area contributed by atoms with E-state index >= 15 is 0 Å². The standard InChI is InChI=1S/C16H16N4O3/c1-3-20-11(8-9(2)19-20)16(22)18-13-10-6-4-5-7-12(10)23-14(13)15(17)21/h4-8H,3H2,1-2H3,(H2,17,21)(H,18,22). The van der Waals surface area contributed by atoms with Gasteiger partial charge < -0.3 is 15.5 Å². The second-order valence-electron chi connectivity index (χ2n) is 5.11. The minimum absolute atomic E-state index is 0.0705. The van der Waals surface area contributed by atoms with Crippen LogP contribution in [0, 0.1) is 6.92 Å². The maximum absolute atomic E-state index is 12.6. The molecule has 2 heterocycles. The van der Waals surface area contributed by atoms with Gasteiger partial charge in [-0.05, 0) is 32.0 Å². The van der Waals surface area contributed by atoms with Crippen molar-refractivity contribution in [3.8, 4) is 0 Å². The van der Waals surface area contributed by atoms with Crippen LogP contribution in [0.2, 0.25) is 0 Å². The number of carbonyl (C=O) groups excluding carboxylic acids is 2. The molecule has 0 saturated carbocycles. The van der Waals surface area contributed by atoms with E-state index in [4.69, 9.17) is 10.2 Å². The second-order valence-corrected chi connectivity index (χ2v) is 5.11. The number of nitrogens with one attached hydrogen (secondary N) is 1. The summed E-state index contributed by atoms with van der Waals surface area (Å²) in [5, 5.41) is 7.58. The summed E-state index contributed by atoms with van der Waals surface area (Å²) in [5.41, 5.74) is 7.26. The maximum Gasteiger partial charge on any atom is 0.286 e. The van der Waals surface area contributed by atoms with Crippen LogP contribution >= 0.6 is 0 Å². The third-order valence-electron chi connectivity index (χ3n) is 3.49. The lowest BCUT2D eigenvalue weighted by Gasteiger charge is -2.06. The highest BCUT2D eigenvalue weighted by Gasteiger charge is 2.22. The number of aromatic nitrogens is 2. The zero-order valence-electron chi connectivity index (χ0n) is 12.8. The Morgan fingerprint density at radius 1 is 1.35 bits per heavy atom. The summed E-state index contributed by atoms with van der Waals surface area (Å²) in [7, 11) is 0. The number of benzene rings is 1. The van der Waals surface area contributed by atoms with Crippen LogP contribution in [0.4, 0.5) is 5.69 Å². The van der Waals surface area contributed by atoms with E-state index < -0.39 is 5.91 Å². The maximum atomic E-state index is 12.6. The molecule has 3 rings (SSSR count). The van der Waals surface area contributed by atoms with E-state index in [-0.39, 0.29) is 17.4 Å². The van der Waals surface area contributed by atoms with Gasteiger partial charge in [-0.15, -0.1) is 0 Å². The van der Waals surface area contributed by atoms with E-state index in [9.17, 15) is 9.59 Å². The first-order valence-electron chi connectivity index (χ1n) is 7.18. The summed E-state index contributed by atoms with van der Waals surface area (Å²) in [4.78, 5) is 24.2. The smallest absolute Gasteiger partial charge is 0.286 e. The molecular weight excluding hydrogens is 296 g/mol. The molecule has 0 unspecified atom stereocenters. The SMILES string of the molecule is CCn1nc(C)cc1C(=O)Nc1c(C(N)=O)oc2ccccc12. The summed E-state index contributed by atoms with van der Waals surface area (Å²) in [5.74, 6) is -1.18. The number of hydrogen-bond donors (Lipinski definition) is 2. The van der Waals surface area contributed by atoms with Crippen molar-refractivity contribution in [1.82, 2.24) is 9.78 Å². The molecule has 1 aromatic carbocycles. The lowest BCUT2D eigenvalue weighted by atomic mass is 10.2. The molecule has 0 aliphatic carbocycles. The molecule has 2 aromatic heterocycles. The summed E-state index contributed by atoms with van der Waals surface area (Å²) < 4.78 is 7.04. The number of furan rings is 1. The molecule has 3 N–H and O–H groups in total. The van der Waals surface area contributed by atoms with E-state index in [1.807, 2.05) is 13.8 Å². The van der Waals surface area contributed by atoms with Crippen molar-refractivity contribution in [2.75, 3.05) is 5.32 Å². The van der Waals surface area contributed by atoms with Gasteiger partial charge in [0.15, 0.2) is 0 Å². The minimum Gasteiger partial charge on any atom is -0.449 e. The Kier molecular flexibility index (Phi) is 3.61. The number of carbonyl (C=O) groups is 2. The molecule has 0 fully saturated rings. The summed E-state index contributed by atoms with van der Waals surface area (Å²) in [6.07, 6.45) is 0. The summed E-state index contributed by atoms with van der Waals surface area (Å²) in [6, 6.07) is 8.71. The number of nitrogens with zero attached hydrogens (tertiary/aromatic N) is 2. The number of amides is 2. The highest BCUT2D eigenvalue weighted by molar-refractivity contribution is 6.13. The molecule has 0 aliphatic rings. The van der Waals surface area contributed by atoms with Crippen molar-refractivity contribution in [2.45, 2.75) is 20.4 Å². The molecule has 0 spiro atoms. The van der Waals surface area contributed by atoms with Gasteiger partial charge in [-0.3, -0.25) is 14.3 Å². The van der Waals surface area contributed by atoms with Crippen LogP contribution in [0.15, 0.2) is 34.7 Å². The Balaban J connectivity index is 2.05. The van der Waals surface area contributed by atoms with Crippen LogP contribution in [-0.2, 0) is 6.54 Å². The van der Waals surface area contributed by atoms with Gasteiger partial charge in [0.1, 0.15) is 17.0 Å². The lowest BCUT2D eigenvalue weighted by Crippen LogP contribution is -2.20. The number of nitrogens with two attached hydrogens (primary N) is 1. The normalized spacial score (nSPS) is 10.9. The third-order valence-corrected chi connectivity index (χ3v) is 3.49. The molecule has 0 bridgehead atoms. The fourth-order valence-corrected chi connectivity index (χ4v) is 2.49. The van der Waals surface area contributed by atoms with Crippen molar-refractivity contribution in [3.05, 3.63) is 47.5 Å². The number of fused-ring (bicyclic) bond motifs is 1. The van der Waals surface area contributed by atoms with Crippen molar-refractivity contribution in [3.63, 3.8) is 0 Å². The van der Waals surface area contributed by atoms with Crippen molar-refractivity contribution in [1.29, 1.82) is 0 Å². The van der Waals surface area contributed by atoms with Gasteiger partial charge in [-0.25, -0.2) is 0 Å². The first-order chi connectivity index (χ1) is 11.0. The lowest BCUT2D eigenvalue weighted by molar-refractivity contribution is 0.0977. The zero-order chi connectivity index (χ0) is 16.6. The number of primary amides is 1. The highest BCUT2D eigenvalue weighted by atomic mass is 16.3. The first kappa shape index (κ1) is 14.8. The molecule has 23 heavy (non-hydrogen) atoms. The Labute approximate surface area is 132 Å². The second kappa shape index (κ2) is 5.60. The minimum atomic E-state index is -0.739. The Morgan fingerprint density at radius 3 is 2.78 bits per heavy atom. The average molecular weight is 312 g/mol. The van der Waals surface area contributed by atoms with Gasteiger partial charge >= 0.3 is 0 Å². The van der Waals surface area contributed by atoms with Crippen molar-refractivity contribution >= 4 is 28.5 Å². The first-order valence-corrected chi connectivity index (χ1v) is 7.18. The fourth-order valence-electron chi connectivity index (χ4n) is 2.49. The highest BCUT2D eigenvalue weighted by Crippen LogP contribution is 2.30. The number of rotatable bonds is 4. The predicted molar refractivity (Wildman–Crippen MR) is 85.3 cm³/mol. The van der Waals surface area contributed by atoms with Gasteiger partial charge in [0.05, 0.1) is 5.69 Å². The van der Waals surface area contributed by atoms with Gasteiger partial charge in [-0.2, -0.15) is 5.10 Å². The van der Waals surface area contributed by atoms with E-state index in [2.05, 4.69) is 10.4 Å². The van der Waals surface area contributed by atoms with Gasteiger partial charge in [0.2, 0.25) is 5.76 Å². The van der Waals surface area contributed by atoms with Gasteiger partial charge in [0.25, 0.3) is 11.8 Å². The molecule has 0 atom stereocenters. The molecule has 2 amide bonds. The molecule has 0 radical (unpaired) electrons. The molecule has 7 heteroatoms. The van der Waals surface area contributed by atoms with E-state index in [0.29, 0.717) is 23.2 Å². The van der Waals surface area contributed by atoms with E-state index in [0.717, 1.165) is 5.69 Å². The van der Waals surface area contributed by atoms with Crippen molar-refractivity contribution < 1.29 is 14.0 Å². The van der Waals surface area contributed by atoms with Gasteiger partial charge in [-0.1, -0.05) is 12.1 Å². The van der Waals surface area contributed by atoms with Crippen LogP contribution < -0.4 is 11.1 Å². The monoisotopic (exact) mass is 312 g/mol. The van der Waals surface area contributed by atoms with Crippen molar-refractivity contribution in [2.24, 2.45) is 5.73 Å². The van der Waals surface area contributed by atoms with Crippen LogP contribution in [0.1, 0.15) is 33.7 Å². The molecule has 7 nitrogen and oxygen atoms in total. The largest absolute Gasteiger partial charge is 0.449 e. The van der Waals surface area contributed by atoms with Crippen LogP contribution in [0.25, 0.3) is 11.0 Å². The number of anilines is 1. The summed E-state index contributed by atoms with van der Waals surface area (Å²) >= 11 is 0. The number of hydrogen-bond acceptors (Lipinski definition) is 4. The topological polar surface area (TPSA) is 103 Å². The zero-order valence-corrected chi connectivity index (χ0v) is 12.8. The Morgan fingerprint density at radius 2 is 2.09 bits per heavy atom. The molecule has 118 valence electrons. The van der Waals surface area contributed by atoms with E-state index in [1.54, 1.807) is 35.0 Å². The molecule has 0 aliphatic heterocycles. The average Bonchev–Trinajstić information content (AvgIpc) is 3.08. The van der Waals surface area contributed by atoms with Crippen LogP contribution in [0.3, 0.4) is 0 Å².